The molecule has 1 saturated heterocycles. The Morgan fingerprint density at radius 1 is 1.26 bits per heavy atom. The lowest BCUT2D eigenvalue weighted by Crippen LogP contribution is -2.28. The molecule has 0 aromatic heterocycles. The number of amides is 2. The molecule has 1 heterocycles. The second-order valence-corrected chi connectivity index (χ2v) is 9.81. The van der Waals surface area contributed by atoms with Crippen molar-refractivity contribution in [1.29, 1.82) is 0 Å². The van der Waals surface area contributed by atoms with Crippen LogP contribution >= 0.6 is 11.6 Å². The van der Waals surface area contributed by atoms with E-state index in [4.69, 9.17) is 16.3 Å². The standard InChI is InChI=1S/C21H24ClN3O5S/c1-4-30-18-9-8-16(12-19(18)31(28,29)24(2)3)23-21(27)14-10-20(26)25(13-14)17-7-5-6-15(22)11-17/h5-9,11-12,14H,4,10,13H2,1-3H3,(H,23,27). The minimum atomic E-state index is -3.78. The van der Waals surface area contributed by atoms with Crippen LogP contribution in [0.5, 0.6) is 5.75 Å². The molecule has 3 rings (SSSR count). The van der Waals surface area contributed by atoms with Gasteiger partial charge in [0.15, 0.2) is 0 Å². The molecule has 1 N–H and O–H groups in total. The molecule has 1 aliphatic heterocycles. The summed E-state index contributed by atoms with van der Waals surface area (Å²) in [6.45, 7) is 2.26. The number of anilines is 2. The number of nitrogens with one attached hydrogen (secondary N) is 1. The highest BCUT2D eigenvalue weighted by atomic mass is 35.5. The lowest BCUT2D eigenvalue weighted by Gasteiger charge is -2.18. The van der Waals surface area contributed by atoms with E-state index in [0.717, 1.165) is 4.31 Å². The van der Waals surface area contributed by atoms with E-state index in [-0.39, 0.29) is 35.4 Å². The molecule has 0 bridgehead atoms. The molecule has 166 valence electrons. The van der Waals surface area contributed by atoms with Gasteiger partial charge in [0, 0.05) is 43.5 Å². The van der Waals surface area contributed by atoms with Crippen molar-refractivity contribution in [3.8, 4) is 5.75 Å². The number of carbonyl (C=O) groups excluding carboxylic acids is 2. The first-order valence-electron chi connectivity index (χ1n) is 9.69. The van der Waals surface area contributed by atoms with Gasteiger partial charge in [0.25, 0.3) is 0 Å². The molecule has 1 fully saturated rings. The fraction of sp³-hybridized carbons (Fsp3) is 0.333. The van der Waals surface area contributed by atoms with Gasteiger partial charge in [0.2, 0.25) is 21.8 Å². The number of hydrogen-bond acceptors (Lipinski definition) is 5. The van der Waals surface area contributed by atoms with Gasteiger partial charge in [-0.2, -0.15) is 0 Å². The third kappa shape index (κ3) is 5.00. The first kappa shape index (κ1) is 23.1. The second kappa shape index (κ2) is 9.25. The molecule has 0 saturated carbocycles. The van der Waals surface area contributed by atoms with Crippen molar-refractivity contribution in [2.45, 2.75) is 18.2 Å². The van der Waals surface area contributed by atoms with Gasteiger partial charge in [-0.15, -0.1) is 0 Å². The third-order valence-corrected chi connectivity index (χ3v) is 6.96. The third-order valence-electron chi connectivity index (χ3n) is 4.89. The topological polar surface area (TPSA) is 96.0 Å². The van der Waals surface area contributed by atoms with Gasteiger partial charge in [-0.25, -0.2) is 12.7 Å². The van der Waals surface area contributed by atoms with Gasteiger partial charge in [-0.05, 0) is 43.3 Å². The maximum Gasteiger partial charge on any atom is 0.246 e. The van der Waals surface area contributed by atoms with Crippen LogP contribution in [-0.2, 0) is 19.6 Å². The maximum atomic E-state index is 12.8. The summed E-state index contributed by atoms with van der Waals surface area (Å²) >= 11 is 6.01. The average Bonchev–Trinajstić information content (AvgIpc) is 3.11. The monoisotopic (exact) mass is 465 g/mol. The zero-order valence-corrected chi connectivity index (χ0v) is 19.0. The Hall–Kier alpha value is -2.62. The highest BCUT2D eigenvalue weighted by Gasteiger charge is 2.35. The second-order valence-electron chi connectivity index (χ2n) is 7.26. The van der Waals surface area contributed by atoms with Crippen molar-refractivity contribution >= 4 is 44.8 Å². The molecule has 2 aromatic rings. The number of sulfonamides is 1. The number of carbonyl (C=O) groups is 2. The molecule has 0 aliphatic carbocycles. The minimum absolute atomic E-state index is 0.0415. The van der Waals surface area contributed by atoms with Gasteiger partial charge in [-0.1, -0.05) is 17.7 Å². The molecule has 10 heteroatoms. The predicted molar refractivity (Wildman–Crippen MR) is 119 cm³/mol. The van der Waals surface area contributed by atoms with Gasteiger partial charge in [0.05, 0.1) is 12.5 Å². The summed E-state index contributed by atoms with van der Waals surface area (Å²) < 4.78 is 31.8. The van der Waals surface area contributed by atoms with Crippen molar-refractivity contribution in [3.05, 3.63) is 47.5 Å². The van der Waals surface area contributed by atoms with Crippen LogP contribution < -0.4 is 15.0 Å². The Labute approximate surface area is 186 Å². The fourth-order valence-corrected chi connectivity index (χ4v) is 4.51. The van der Waals surface area contributed by atoms with Crippen molar-refractivity contribution in [2.75, 3.05) is 37.5 Å². The number of benzene rings is 2. The Balaban J connectivity index is 1.80. The molecule has 2 aromatic carbocycles. The lowest BCUT2D eigenvalue weighted by molar-refractivity contribution is -0.122. The zero-order valence-electron chi connectivity index (χ0n) is 17.5. The first-order chi connectivity index (χ1) is 14.6. The van der Waals surface area contributed by atoms with Crippen LogP contribution in [-0.4, -0.2) is 51.8 Å². The van der Waals surface area contributed by atoms with Crippen LogP contribution in [0.1, 0.15) is 13.3 Å². The summed E-state index contributed by atoms with van der Waals surface area (Å²) in [5.74, 6) is -0.912. The smallest absolute Gasteiger partial charge is 0.246 e. The van der Waals surface area contributed by atoms with Crippen LogP contribution in [0, 0.1) is 5.92 Å². The van der Waals surface area contributed by atoms with E-state index in [1.54, 1.807) is 37.3 Å². The predicted octanol–water partition coefficient (Wildman–Crippen LogP) is 2.98. The molecule has 31 heavy (non-hydrogen) atoms. The van der Waals surface area contributed by atoms with Crippen LogP contribution in [0.2, 0.25) is 5.02 Å². The number of rotatable bonds is 7. The fourth-order valence-electron chi connectivity index (χ4n) is 3.28. The van der Waals surface area contributed by atoms with Crippen molar-refractivity contribution < 1.29 is 22.7 Å². The molecular weight excluding hydrogens is 442 g/mol. The summed E-state index contributed by atoms with van der Waals surface area (Å²) in [7, 11) is -0.940. The largest absolute Gasteiger partial charge is 0.492 e. The van der Waals surface area contributed by atoms with E-state index < -0.39 is 15.9 Å². The molecule has 0 radical (unpaired) electrons. The molecule has 2 amide bonds. The Morgan fingerprint density at radius 2 is 2.00 bits per heavy atom. The molecule has 0 spiro atoms. The van der Waals surface area contributed by atoms with Crippen molar-refractivity contribution in [3.63, 3.8) is 0 Å². The molecule has 1 aliphatic rings. The quantitative estimate of drug-likeness (QED) is 0.678. The summed E-state index contributed by atoms with van der Waals surface area (Å²) in [4.78, 5) is 26.7. The van der Waals surface area contributed by atoms with E-state index in [1.165, 1.54) is 31.1 Å². The lowest BCUT2D eigenvalue weighted by atomic mass is 10.1. The molecule has 1 atom stereocenters. The SMILES string of the molecule is CCOc1ccc(NC(=O)C2CC(=O)N(c3cccc(Cl)c3)C2)cc1S(=O)(=O)N(C)C. The van der Waals surface area contributed by atoms with Crippen molar-refractivity contribution in [1.82, 2.24) is 4.31 Å². The van der Waals surface area contributed by atoms with Crippen molar-refractivity contribution in [2.24, 2.45) is 5.92 Å². The summed E-state index contributed by atoms with van der Waals surface area (Å²) in [6.07, 6.45) is 0.0538. The first-order valence-corrected chi connectivity index (χ1v) is 11.5. The van der Waals surface area contributed by atoms with Crippen LogP contribution in [0.25, 0.3) is 0 Å². The van der Waals surface area contributed by atoms with Gasteiger partial charge in [0.1, 0.15) is 10.6 Å². The highest BCUT2D eigenvalue weighted by Crippen LogP contribution is 2.31. The van der Waals surface area contributed by atoms with E-state index >= 15 is 0 Å². The average molecular weight is 466 g/mol. The number of hydrogen-bond donors (Lipinski definition) is 1. The van der Waals surface area contributed by atoms with Crippen LogP contribution in [0.3, 0.4) is 0 Å². The van der Waals surface area contributed by atoms with Gasteiger partial charge < -0.3 is 15.0 Å². The van der Waals surface area contributed by atoms with E-state index in [0.29, 0.717) is 23.0 Å². The zero-order chi connectivity index (χ0) is 22.8. The van der Waals surface area contributed by atoms with Crippen LogP contribution in [0.15, 0.2) is 47.4 Å². The normalized spacial score (nSPS) is 16.6. The van der Waals surface area contributed by atoms with Gasteiger partial charge in [-0.3, -0.25) is 9.59 Å². The number of nitrogens with zero attached hydrogens (tertiary/aromatic N) is 2. The molecular formula is C21H24ClN3O5S. The Bertz CT molecular complexity index is 1100. The minimum Gasteiger partial charge on any atom is -0.492 e. The Morgan fingerprint density at radius 3 is 2.65 bits per heavy atom. The van der Waals surface area contributed by atoms with E-state index in [1.807, 2.05) is 0 Å². The number of ether oxygens (including phenoxy) is 1. The maximum absolute atomic E-state index is 12.8. The van der Waals surface area contributed by atoms with E-state index in [2.05, 4.69) is 5.32 Å². The van der Waals surface area contributed by atoms with Gasteiger partial charge >= 0.3 is 0 Å². The Kier molecular flexibility index (Phi) is 6.88. The van der Waals surface area contributed by atoms with E-state index in [9.17, 15) is 18.0 Å². The molecule has 1 unspecified atom stereocenters. The summed E-state index contributed by atoms with van der Waals surface area (Å²) in [6, 6.07) is 11.3. The number of halogens is 1. The highest BCUT2D eigenvalue weighted by molar-refractivity contribution is 7.89. The van der Waals surface area contributed by atoms with Crippen LogP contribution in [0.4, 0.5) is 11.4 Å². The summed E-state index contributed by atoms with van der Waals surface area (Å²) in [5, 5.41) is 3.23. The summed E-state index contributed by atoms with van der Waals surface area (Å²) in [5.41, 5.74) is 0.941. The molecule has 8 nitrogen and oxygen atoms in total.